The molecule has 38 heavy (non-hydrogen) atoms. The van der Waals surface area contributed by atoms with Gasteiger partial charge in [-0.1, -0.05) is 121 Å². The highest BCUT2D eigenvalue weighted by Gasteiger charge is 1.91. The van der Waals surface area contributed by atoms with Crippen LogP contribution in [0, 0.1) is 11.8 Å². The van der Waals surface area contributed by atoms with Crippen LogP contribution in [0.1, 0.15) is 182 Å². The van der Waals surface area contributed by atoms with Gasteiger partial charge in [0.15, 0.2) is 0 Å². The second-order valence-electron chi connectivity index (χ2n) is 11.5. The normalized spacial score (nSPS) is 10.1. The van der Waals surface area contributed by atoms with E-state index >= 15 is 0 Å². The summed E-state index contributed by atoms with van der Waals surface area (Å²) < 4.78 is 15.8. The Morgan fingerprint density at radius 2 is 0.737 bits per heavy atom. The van der Waals surface area contributed by atoms with E-state index in [2.05, 4.69) is 104 Å². The van der Waals surface area contributed by atoms with Crippen molar-refractivity contribution in [2.45, 2.75) is 200 Å². The van der Waals surface area contributed by atoms with Crippen LogP contribution in [0.15, 0.2) is 0 Å². The Morgan fingerprint density at radius 1 is 0.368 bits per heavy atom. The number of unbranched alkanes of at least 4 members (excludes halogenated alkanes) is 4. The van der Waals surface area contributed by atoms with Crippen LogP contribution in [0.4, 0.5) is 0 Å². The lowest BCUT2D eigenvalue weighted by Gasteiger charge is -2.05. The predicted octanol–water partition coefficient (Wildman–Crippen LogP) is 12.5. The summed E-state index contributed by atoms with van der Waals surface area (Å²) in [4.78, 5) is 0. The topological polar surface area (TPSA) is 27.7 Å². The second-order valence-corrected chi connectivity index (χ2v) is 11.5. The number of rotatable bonds is 17. The summed E-state index contributed by atoms with van der Waals surface area (Å²) in [7, 11) is 0. The Balaban J connectivity index is -0.0000000842. The van der Waals surface area contributed by atoms with Crippen LogP contribution < -0.4 is 0 Å². The summed E-state index contributed by atoms with van der Waals surface area (Å²) in [6, 6.07) is 0. The minimum atomic E-state index is 0. The third-order valence-corrected chi connectivity index (χ3v) is 4.80. The Bertz CT molecular complexity index is 313. The molecule has 0 aliphatic rings. The molecule has 0 saturated heterocycles. The molecule has 0 radical (unpaired) electrons. The molecular formula is C35H82O3. The summed E-state index contributed by atoms with van der Waals surface area (Å²) >= 11 is 0. The Labute approximate surface area is 246 Å². The Morgan fingerprint density at radius 3 is 0.947 bits per heavy atom. The van der Waals surface area contributed by atoms with Crippen molar-refractivity contribution in [3.8, 4) is 0 Å². The number of ether oxygens (including phenoxy) is 3. The average molecular weight is 551 g/mol. The maximum atomic E-state index is 5.34. The zero-order chi connectivity index (χ0) is 29.9. The first kappa shape index (κ1) is 50.7. The molecule has 0 aliphatic heterocycles. The molecule has 0 heterocycles. The van der Waals surface area contributed by atoms with Crippen molar-refractivity contribution in [1.82, 2.24) is 0 Å². The molecule has 0 atom stereocenters. The summed E-state index contributed by atoms with van der Waals surface area (Å²) in [5, 5.41) is 0. The molecular weight excluding hydrogens is 468 g/mol. The van der Waals surface area contributed by atoms with Gasteiger partial charge in [0.1, 0.15) is 0 Å². The van der Waals surface area contributed by atoms with Gasteiger partial charge in [0.25, 0.3) is 0 Å². The first-order valence-corrected chi connectivity index (χ1v) is 16.2. The molecule has 0 bridgehead atoms. The smallest absolute Gasteiger partial charge is 0.0518 e. The fourth-order valence-corrected chi connectivity index (χ4v) is 2.68. The van der Waals surface area contributed by atoms with Crippen molar-refractivity contribution in [1.29, 1.82) is 0 Å². The standard InChI is InChI=1S/C8H18O.C7H16O.C7H16.C6H14O.C6H14.CH4/c1-4-5-6-7-9-8(2)3;1-4-5-6-8-7(2)3;1-4-5-6-7(2)3;1-4-5-7-6(2)3;1-4-5-6(2)3;/h8H,4-7H2,1-3H3;7H,4-6H2,1-3H3;7H,4-6H2,1-3H3;6H,4-5H2,1-3H3;6H,4-5H2,1-3H3;1H4. The monoisotopic (exact) mass is 551 g/mol. The molecule has 0 N–H and O–H groups in total. The first-order chi connectivity index (χ1) is 17.4. The molecule has 0 amide bonds. The lowest BCUT2D eigenvalue weighted by molar-refractivity contribution is 0.0759. The van der Waals surface area contributed by atoms with Crippen LogP contribution >= 0.6 is 0 Å². The van der Waals surface area contributed by atoms with Crippen LogP contribution in [0.25, 0.3) is 0 Å². The van der Waals surface area contributed by atoms with Gasteiger partial charge in [-0.3, -0.25) is 0 Å². The first-order valence-electron chi connectivity index (χ1n) is 16.2. The summed E-state index contributed by atoms with van der Waals surface area (Å²) in [6.07, 6.45) is 15.4. The molecule has 0 saturated carbocycles. The van der Waals surface area contributed by atoms with Crippen LogP contribution in [-0.4, -0.2) is 38.1 Å². The molecule has 0 aromatic rings. The molecule has 0 spiro atoms. The maximum absolute atomic E-state index is 5.34. The quantitative estimate of drug-likeness (QED) is 0.168. The molecule has 0 aliphatic carbocycles. The molecule has 0 fully saturated rings. The van der Waals surface area contributed by atoms with Gasteiger partial charge in [-0.2, -0.15) is 0 Å². The predicted molar refractivity (Wildman–Crippen MR) is 179 cm³/mol. The largest absolute Gasteiger partial charge is 0.379 e. The van der Waals surface area contributed by atoms with Crippen molar-refractivity contribution in [3.63, 3.8) is 0 Å². The second kappa shape index (κ2) is 46.7. The fourth-order valence-electron chi connectivity index (χ4n) is 2.68. The fraction of sp³-hybridized carbons (Fsp3) is 1.00. The van der Waals surface area contributed by atoms with E-state index in [1.807, 2.05) is 0 Å². The lowest BCUT2D eigenvalue weighted by atomic mass is 10.1. The van der Waals surface area contributed by atoms with Gasteiger partial charge in [-0.25, -0.2) is 0 Å². The van der Waals surface area contributed by atoms with E-state index in [9.17, 15) is 0 Å². The Hall–Kier alpha value is -0.120. The average Bonchev–Trinajstić information content (AvgIpc) is 2.80. The maximum Gasteiger partial charge on any atom is 0.0518 e. The molecule has 0 aromatic carbocycles. The van der Waals surface area contributed by atoms with Gasteiger partial charge < -0.3 is 14.2 Å². The minimum absolute atomic E-state index is 0. The lowest BCUT2D eigenvalue weighted by Crippen LogP contribution is -2.03. The van der Waals surface area contributed by atoms with Crippen LogP contribution in [-0.2, 0) is 14.2 Å². The molecule has 3 nitrogen and oxygen atoms in total. The van der Waals surface area contributed by atoms with Gasteiger partial charge in [0, 0.05) is 19.8 Å². The molecule has 3 heteroatoms. The van der Waals surface area contributed by atoms with E-state index < -0.39 is 0 Å². The third-order valence-electron chi connectivity index (χ3n) is 4.80. The zero-order valence-corrected chi connectivity index (χ0v) is 29.0. The highest BCUT2D eigenvalue weighted by atomic mass is 16.5. The molecule has 240 valence electrons. The summed E-state index contributed by atoms with van der Waals surface area (Å²) in [5.41, 5.74) is 0. The van der Waals surface area contributed by atoms with Gasteiger partial charge >= 0.3 is 0 Å². The van der Waals surface area contributed by atoms with E-state index in [0.717, 1.165) is 38.1 Å². The van der Waals surface area contributed by atoms with E-state index in [1.54, 1.807) is 0 Å². The van der Waals surface area contributed by atoms with E-state index in [0.29, 0.717) is 18.3 Å². The van der Waals surface area contributed by atoms with Crippen molar-refractivity contribution in [3.05, 3.63) is 0 Å². The van der Waals surface area contributed by atoms with Crippen LogP contribution in [0.2, 0.25) is 0 Å². The SMILES string of the molecule is C.CCCC(C)C.CCCCC(C)C.CCCCCOC(C)C.CCCCOC(C)C.CCCOC(C)C. The number of hydrogen-bond acceptors (Lipinski definition) is 3. The Kier molecular flexibility index (Phi) is 62.3. The molecule has 0 unspecified atom stereocenters. The van der Waals surface area contributed by atoms with Gasteiger partial charge in [-0.05, 0) is 72.6 Å². The zero-order valence-electron chi connectivity index (χ0n) is 29.0. The summed E-state index contributed by atoms with van der Waals surface area (Å²) in [6.45, 7) is 35.1. The van der Waals surface area contributed by atoms with Gasteiger partial charge in [0.05, 0.1) is 18.3 Å². The molecule has 0 aromatic heterocycles. The van der Waals surface area contributed by atoms with E-state index in [-0.39, 0.29) is 7.43 Å². The van der Waals surface area contributed by atoms with Crippen molar-refractivity contribution >= 4 is 0 Å². The highest BCUT2D eigenvalue weighted by molar-refractivity contribution is 4.42. The van der Waals surface area contributed by atoms with E-state index in [1.165, 1.54) is 64.2 Å². The van der Waals surface area contributed by atoms with Crippen LogP contribution in [0.3, 0.4) is 0 Å². The third kappa shape index (κ3) is 91.2. The number of hydrogen-bond donors (Lipinski definition) is 0. The van der Waals surface area contributed by atoms with E-state index in [4.69, 9.17) is 14.2 Å². The van der Waals surface area contributed by atoms with Gasteiger partial charge in [0.2, 0.25) is 0 Å². The minimum Gasteiger partial charge on any atom is -0.379 e. The van der Waals surface area contributed by atoms with Crippen molar-refractivity contribution in [2.75, 3.05) is 19.8 Å². The highest BCUT2D eigenvalue weighted by Crippen LogP contribution is 2.04. The van der Waals surface area contributed by atoms with Gasteiger partial charge in [-0.15, -0.1) is 0 Å². The summed E-state index contributed by atoms with van der Waals surface area (Å²) in [5.74, 6) is 1.80. The molecule has 0 rings (SSSR count). The van der Waals surface area contributed by atoms with Crippen molar-refractivity contribution in [2.24, 2.45) is 11.8 Å². The van der Waals surface area contributed by atoms with Crippen molar-refractivity contribution < 1.29 is 14.2 Å². The van der Waals surface area contributed by atoms with Crippen LogP contribution in [0.5, 0.6) is 0 Å².